The standard InChI is InChI=1S/C16H20N6O3/c1-19(9-13(23)10-21-8-12(7-17-21)22(24)25)11-16-18-14-5-3-4-6-15(14)20(16)2/h3-8,13,23H,9-11H2,1-2H3. The molecule has 0 amide bonds. The number of nitro groups is 1. The molecule has 0 fully saturated rings. The Balaban J connectivity index is 1.60. The van der Waals surface area contributed by atoms with Crippen molar-refractivity contribution >= 4 is 16.7 Å². The highest BCUT2D eigenvalue weighted by atomic mass is 16.6. The molecular formula is C16H20N6O3. The number of fused-ring (bicyclic) bond motifs is 1. The number of likely N-dealkylation sites (N-methyl/N-ethyl adjacent to an activating group) is 1. The van der Waals surface area contributed by atoms with Gasteiger partial charge in [0.1, 0.15) is 18.2 Å². The number of aliphatic hydroxyl groups is 1. The van der Waals surface area contributed by atoms with E-state index in [-0.39, 0.29) is 12.2 Å². The molecule has 2 heterocycles. The number of nitrogens with zero attached hydrogens (tertiary/aromatic N) is 6. The molecular weight excluding hydrogens is 324 g/mol. The van der Waals surface area contributed by atoms with E-state index in [0.29, 0.717) is 13.1 Å². The van der Waals surface area contributed by atoms with Gasteiger partial charge in [0.25, 0.3) is 0 Å². The first kappa shape index (κ1) is 17.1. The Labute approximate surface area is 144 Å². The maximum Gasteiger partial charge on any atom is 0.306 e. The van der Waals surface area contributed by atoms with Gasteiger partial charge in [0.05, 0.1) is 35.2 Å². The van der Waals surface area contributed by atoms with Crippen molar-refractivity contribution < 1.29 is 10.0 Å². The molecule has 0 aliphatic heterocycles. The van der Waals surface area contributed by atoms with Gasteiger partial charge >= 0.3 is 5.69 Å². The third-order valence-corrected chi connectivity index (χ3v) is 4.04. The second-order valence-electron chi connectivity index (χ2n) is 6.10. The third kappa shape index (κ3) is 3.83. The van der Waals surface area contributed by atoms with Crippen molar-refractivity contribution in [2.75, 3.05) is 13.6 Å². The highest BCUT2D eigenvalue weighted by Gasteiger charge is 2.15. The van der Waals surface area contributed by atoms with Gasteiger partial charge in [-0.15, -0.1) is 0 Å². The predicted molar refractivity (Wildman–Crippen MR) is 91.9 cm³/mol. The van der Waals surface area contributed by atoms with Crippen molar-refractivity contribution in [3.8, 4) is 0 Å². The fourth-order valence-electron chi connectivity index (χ4n) is 2.82. The monoisotopic (exact) mass is 344 g/mol. The van der Waals surface area contributed by atoms with E-state index in [0.717, 1.165) is 16.9 Å². The van der Waals surface area contributed by atoms with E-state index in [1.54, 1.807) is 0 Å². The molecule has 1 N–H and O–H groups in total. The summed E-state index contributed by atoms with van der Waals surface area (Å²) in [7, 11) is 3.87. The van der Waals surface area contributed by atoms with Gasteiger partial charge in [0.2, 0.25) is 0 Å². The molecule has 0 bridgehead atoms. The van der Waals surface area contributed by atoms with Crippen LogP contribution in [0.5, 0.6) is 0 Å². The predicted octanol–water partition coefficient (Wildman–Crippen LogP) is 1.17. The van der Waals surface area contributed by atoms with Crippen molar-refractivity contribution in [3.63, 3.8) is 0 Å². The average Bonchev–Trinajstić information content (AvgIpc) is 3.13. The molecule has 1 unspecified atom stereocenters. The summed E-state index contributed by atoms with van der Waals surface area (Å²) >= 11 is 0. The van der Waals surface area contributed by atoms with Gasteiger partial charge in [-0.2, -0.15) is 5.10 Å². The summed E-state index contributed by atoms with van der Waals surface area (Å²) < 4.78 is 3.42. The zero-order chi connectivity index (χ0) is 18.0. The summed E-state index contributed by atoms with van der Waals surface area (Å²) in [5, 5.41) is 24.8. The number of imidazole rings is 1. The van der Waals surface area contributed by atoms with Gasteiger partial charge < -0.3 is 9.67 Å². The number of benzene rings is 1. The zero-order valence-electron chi connectivity index (χ0n) is 14.1. The normalized spacial score (nSPS) is 12.8. The first-order chi connectivity index (χ1) is 11.9. The van der Waals surface area contributed by atoms with Gasteiger partial charge in [-0.05, 0) is 19.2 Å². The number of aliphatic hydroxyl groups excluding tert-OH is 1. The zero-order valence-corrected chi connectivity index (χ0v) is 14.1. The van der Waals surface area contributed by atoms with E-state index in [4.69, 9.17) is 0 Å². The Morgan fingerprint density at radius 2 is 2.16 bits per heavy atom. The lowest BCUT2D eigenvalue weighted by Gasteiger charge is -2.20. The van der Waals surface area contributed by atoms with Crippen LogP contribution in [0.1, 0.15) is 5.82 Å². The third-order valence-electron chi connectivity index (χ3n) is 4.04. The summed E-state index contributed by atoms with van der Waals surface area (Å²) in [6.45, 7) is 1.18. The minimum absolute atomic E-state index is 0.0831. The van der Waals surface area contributed by atoms with Crippen molar-refractivity contribution in [1.82, 2.24) is 24.2 Å². The average molecular weight is 344 g/mol. The maximum atomic E-state index is 10.7. The van der Waals surface area contributed by atoms with E-state index in [1.807, 2.05) is 47.8 Å². The van der Waals surface area contributed by atoms with Crippen LogP contribution in [0.25, 0.3) is 11.0 Å². The van der Waals surface area contributed by atoms with Crippen LogP contribution in [-0.4, -0.2) is 54.0 Å². The molecule has 0 spiro atoms. The fraction of sp³-hybridized carbons (Fsp3) is 0.375. The lowest BCUT2D eigenvalue weighted by Crippen LogP contribution is -2.32. The number of aromatic nitrogens is 4. The van der Waals surface area contributed by atoms with E-state index in [2.05, 4.69) is 10.1 Å². The number of rotatable bonds is 7. The summed E-state index contributed by atoms with van der Waals surface area (Å²) in [6, 6.07) is 7.92. The second-order valence-corrected chi connectivity index (χ2v) is 6.10. The molecule has 0 saturated carbocycles. The Hall–Kier alpha value is -2.78. The van der Waals surface area contributed by atoms with Crippen molar-refractivity contribution in [1.29, 1.82) is 0 Å². The molecule has 0 saturated heterocycles. The molecule has 1 atom stereocenters. The fourth-order valence-corrected chi connectivity index (χ4v) is 2.82. The molecule has 3 rings (SSSR count). The van der Waals surface area contributed by atoms with Crippen LogP contribution < -0.4 is 0 Å². The highest BCUT2D eigenvalue weighted by molar-refractivity contribution is 5.75. The first-order valence-electron chi connectivity index (χ1n) is 7.88. The summed E-state index contributed by atoms with van der Waals surface area (Å²) in [5.74, 6) is 0.908. The van der Waals surface area contributed by atoms with Gasteiger partial charge in [-0.25, -0.2) is 4.98 Å². The molecule has 3 aromatic rings. The van der Waals surface area contributed by atoms with Gasteiger partial charge in [-0.3, -0.25) is 19.7 Å². The summed E-state index contributed by atoms with van der Waals surface area (Å²) in [5.41, 5.74) is 1.92. The second kappa shape index (κ2) is 6.99. The minimum Gasteiger partial charge on any atom is -0.390 e. The molecule has 1 aromatic carbocycles. The Kier molecular flexibility index (Phi) is 4.77. The van der Waals surface area contributed by atoms with E-state index >= 15 is 0 Å². The molecule has 0 aliphatic carbocycles. The summed E-state index contributed by atoms with van der Waals surface area (Å²) in [4.78, 5) is 16.7. The summed E-state index contributed by atoms with van der Waals surface area (Å²) in [6.07, 6.45) is 1.80. The van der Waals surface area contributed by atoms with Gasteiger partial charge in [0.15, 0.2) is 0 Å². The minimum atomic E-state index is -0.695. The maximum absolute atomic E-state index is 10.7. The lowest BCUT2D eigenvalue weighted by atomic mass is 10.3. The molecule has 25 heavy (non-hydrogen) atoms. The van der Waals surface area contributed by atoms with Crippen molar-refractivity contribution in [2.45, 2.75) is 19.2 Å². The van der Waals surface area contributed by atoms with E-state index in [9.17, 15) is 15.2 Å². The van der Waals surface area contributed by atoms with Gasteiger partial charge in [0, 0.05) is 13.6 Å². The number of para-hydroxylation sites is 2. The van der Waals surface area contributed by atoms with Crippen LogP contribution in [0.15, 0.2) is 36.7 Å². The molecule has 2 aromatic heterocycles. The first-order valence-corrected chi connectivity index (χ1v) is 7.88. The SMILES string of the molecule is CN(Cc1nc2ccccc2n1C)CC(O)Cn1cc([N+](=O)[O-])cn1. The number of hydrogen-bond donors (Lipinski definition) is 1. The van der Waals surface area contributed by atoms with Crippen LogP contribution in [0.2, 0.25) is 0 Å². The number of aryl methyl sites for hydroxylation is 1. The number of hydrogen-bond acceptors (Lipinski definition) is 6. The lowest BCUT2D eigenvalue weighted by molar-refractivity contribution is -0.385. The molecule has 132 valence electrons. The molecule has 0 radical (unpaired) electrons. The van der Waals surface area contributed by atoms with Crippen LogP contribution in [0.4, 0.5) is 5.69 Å². The topological polar surface area (TPSA) is 102 Å². The van der Waals surface area contributed by atoms with Crippen LogP contribution in [0, 0.1) is 10.1 Å². The Bertz CT molecular complexity index is 887. The van der Waals surface area contributed by atoms with Gasteiger partial charge in [-0.1, -0.05) is 12.1 Å². The molecule has 9 nitrogen and oxygen atoms in total. The molecule has 9 heteroatoms. The Morgan fingerprint density at radius 1 is 1.40 bits per heavy atom. The van der Waals surface area contributed by atoms with Crippen molar-refractivity contribution in [2.24, 2.45) is 7.05 Å². The quantitative estimate of drug-likeness (QED) is 0.510. The molecule has 0 aliphatic rings. The Morgan fingerprint density at radius 3 is 2.84 bits per heavy atom. The van der Waals surface area contributed by atoms with Crippen LogP contribution in [-0.2, 0) is 20.1 Å². The highest BCUT2D eigenvalue weighted by Crippen LogP contribution is 2.15. The van der Waals surface area contributed by atoms with E-state index in [1.165, 1.54) is 17.1 Å². The van der Waals surface area contributed by atoms with Crippen LogP contribution in [0.3, 0.4) is 0 Å². The largest absolute Gasteiger partial charge is 0.390 e. The van der Waals surface area contributed by atoms with E-state index < -0.39 is 11.0 Å². The van der Waals surface area contributed by atoms with Crippen molar-refractivity contribution in [3.05, 3.63) is 52.6 Å². The van der Waals surface area contributed by atoms with Crippen LogP contribution >= 0.6 is 0 Å². The smallest absolute Gasteiger partial charge is 0.306 e.